The number of ether oxygens (including phenoxy) is 1. The van der Waals surface area contributed by atoms with Crippen LogP contribution in [0.4, 0.5) is 5.69 Å². The molecule has 0 unspecified atom stereocenters. The molecule has 6 rings (SSSR count). The molecule has 1 aliphatic carbocycles. The van der Waals surface area contributed by atoms with Gasteiger partial charge >= 0.3 is 0 Å². The second kappa shape index (κ2) is 10.3. The van der Waals surface area contributed by atoms with E-state index in [0.717, 1.165) is 53.5 Å². The molecule has 0 radical (unpaired) electrons. The van der Waals surface area contributed by atoms with E-state index in [0.29, 0.717) is 11.3 Å². The zero-order chi connectivity index (χ0) is 26.1. The summed E-state index contributed by atoms with van der Waals surface area (Å²) >= 11 is 0. The predicted molar refractivity (Wildman–Crippen MR) is 148 cm³/mol. The number of aromatic nitrogens is 1. The van der Waals surface area contributed by atoms with Gasteiger partial charge in [0.15, 0.2) is 0 Å². The number of nitrogens with one attached hydrogen (secondary N) is 1. The maximum Gasteiger partial charge on any atom is 0.254 e. The van der Waals surface area contributed by atoms with Crippen LogP contribution in [0.25, 0.3) is 10.9 Å². The van der Waals surface area contributed by atoms with E-state index >= 15 is 0 Å². The highest BCUT2D eigenvalue weighted by atomic mass is 16.5. The maximum absolute atomic E-state index is 14.2. The molecule has 0 bridgehead atoms. The van der Waals surface area contributed by atoms with E-state index in [4.69, 9.17) is 4.74 Å². The van der Waals surface area contributed by atoms with Crippen LogP contribution in [0.2, 0.25) is 0 Å². The molecule has 3 aromatic carbocycles. The van der Waals surface area contributed by atoms with Crippen molar-refractivity contribution in [3.63, 3.8) is 0 Å². The van der Waals surface area contributed by atoms with Gasteiger partial charge in [-0.15, -0.1) is 0 Å². The maximum atomic E-state index is 14.2. The van der Waals surface area contributed by atoms with Crippen LogP contribution in [0.15, 0.2) is 85.1 Å². The first kappa shape index (κ1) is 24.2. The van der Waals surface area contributed by atoms with Crippen molar-refractivity contribution in [2.45, 2.75) is 50.1 Å². The van der Waals surface area contributed by atoms with E-state index in [1.807, 2.05) is 83.8 Å². The van der Waals surface area contributed by atoms with Gasteiger partial charge in [0.2, 0.25) is 5.91 Å². The third-order valence-electron chi connectivity index (χ3n) is 7.94. The zero-order valence-electron chi connectivity index (χ0n) is 21.5. The third kappa shape index (κ3) is 4.40. The number of benzene rings is 3. The van der Waals surface area contributed by atoms with Crippen LogP contribution in [0.5, 0.6) is 5.75 Å². The van der Waals surface area contributed by atoms with Crippen molar-refractivity contribution in [1.82, 2.24) is 9.88 Å². The number of carbonyl (C=O) groups excluding carboxylic acids is 2. The van der Waals surface area contributed by atoms with Crippen molar-refractivity contribution < 1.29 is 14.3 Å². The molecular weight excluding hydrogens is 474 g/mol. The fourth-order valence-corrected chi connectivity index (χ4v) is 6.11. The van der Waals surface area contributed by atoms with E-state index in [1.165, 1.54) is 6.42 Å². The standard InChI is InChI=1S/C32H31N3O3/c1-38-25-17-15-21(16-18-25)30-29(31(36)34-23-19-22-9-5-8-14-28(22)33-20-23)26-12-6-7-13-27(26)32(37)35(30)24-10-3-2-4-11-24/h5-9,12-20,24,29-30H,2-4,10-11H2,1H3,(H,34,36)/t29-,30+/m1/s1. The smallest absolute Gasteiger partial charge is 0.254 e. The lowest BCUT2D eigenvalue weighted by atomic mass is 9.77. The topological polar surface area (TPSA) is 71.5 Å². The first-order valence-corrected chi connectivity index (χ1v) is 13.4. The number of rotatable bonds is 5. The molecule has 0 saturated heterocycles. The van der Waals surface area contributed by atoms with Crippen molar-refractivity contribution in [2.24, 2.45) is 0 Å². The Morgan fingerprint density at radius 1 is 0.947 bits per heavy atom. The molecule has 1 aliphatic heterocycles. The highest BCUT2D eigenvalue weighted by molar-refractivity contribution is 6.05. The Morgan fingerprint density at radius 2 is 1.68 bits per heavy atom. The minimum atomic E-state index is -0.578. The van der Waals surface area contributed by atoms with E-state index in [1.54, 1.807) is 13.3 Å². The van der Waals surface area contributed by atoms with Crippen molar-refractivity contribution in [3.05, 3.63) is 102 Å². The Labute approximate surface area is 222 Å². The van der Waals surface area contributed by atoms with Crippen LogP contribution in [-0.2, 0) is 4.79 Å². The molecule has 38 heavy (non-hydrogen) atoms. The molecule has 6 heteroatoms. The molecule has 2 aliphatic rings. The SMILES string of the molecule is COc1ccc([C@H]2[C@H](C(=O)Nc3cnc4ccccc4c3)c3ccccc3C(=O)N2C2CCCCC2)cc1. The highest BCUT2D eigenvalue weighted by Crippen LogP contribution is 2.46. The average molecular weight is 506 g/mol. The van der Waals surface area contributed by atoms with Crippen LogP contribution >= 0.6 is 0 Å². The van der Waals surface area contributed by atoms with Crippen molar-refractivity contribution >= 4 is 28.4 Å². The summed E-state index contributed by atoms with van der Waals surface area (Å²) in [5.41, 5.74) is 3.81. The van der Waals surface area contributed by atoms with Crippen molar-refractivity contribution in [2.75, 3.05) is 12.4 Å². The number of hydrogen-bond donors (Lipinski definition) is 1. The Kier molecular flexibility index (Phi) is 6.54. The minimum absolute atomic E-state index is 0.00439. The fraction of sp³-hybridized carbons (Fsp3) is 0.281. The van der Waals surface area contributed by atoms with Gasteiger partial charge < -0.3 is 15.0 Å². The Bertz CT molecular complexity index is 1480. The molecule has 1 aromatic heterocycles. The summed E-state index contributed by atoms with van der Waals surface area (Å²) in [6, 6.07) is 24.8. The summed E-state index contributed by atoms with van der Waals surface area (Å²) < 4.78 is 5.40. The van der Waals surface area contributed by atoms with Crippen LogP contribution < -0.4 is 10.1 Å². The van der Waals surface area contributed by atoms with Gasteiger partial charge in [-0.1, -0.05) is 67.8 Å². The second-order valence-corrected chi connectivity index (χ2v) is 10.2. The number of amides is 2. The first-order chi connectivity index (χ1) is 18.6. The van der Waals surface area contributed by atoms with Crippen LogP contribution in [-0.4, -0.2) is 34.8 Å². The van der Waals surface area contributed by atoms with E-state index < -0.39 is 12.0 Å². The Balaban J connectivity index is 1.46. The number of carbonyl (C=O) groups is 2. The fourth-order valence-electron chi connectivity index (χ4n) is 6.11. The summed E-state index contributed by atoms with van der Waals surface area (Å²) in [4.78, 5) is 34.8. The monoisotopic (exact) mass is 505 g/mol. The molecule has 6 nitrogen and oxygen atoms in total. The number of hydrogen-bond acceptors (Lipinski definition) is 4. The quantitative estimate of drug-likeness (QED) is 0.336. The van der Waals surface area contributed by atoms with Crippen LogP contribution in [0.3, 0.4) is 0 Å². The number of para-hydroxylation sites is 1. The summed E-state index contributed by atoms with van der Waals surface area (Å²) in [6.07, 6.45) is 6.95. The van der Waals surface area contributed by atoms with Gasteiger partial charge in [0.05, 0.1) is 36.5 Å². The first-order valence-electron chi connectivity index (χ1n) is 13.4. The molecule has 1 N–H and O–H groups in total. The van der Waals surface area contributed by atoms with Gasteiger partial charge in [0.1, 0.15) is 5.75 Å². The van der Waals surface area contributed by atoms with E-state index in [9.17, 15) is 9.59 Å². The van der Waals surface area contributed by atoms with Gasteiger partial charge in [0, 0.05) is 17.0 Å². The Morgan fingerprint density at radius 3 is 2.47 bits per heavy atom. The predicted octanol–water partition coefficient (Wildman–Crippen LogP) is 6.50. The lowest BCUT2D eigenvalue weighted by Gasteiger charge is -2.46. The lowest BCUT2D eigenvalue weighted by molar-refractivity contribution is -0.119. The van der Waals surface area contributed by atoms with E-state index in [-0.39, 0.29) is 17.9 Å². The van der Waals surface area contributed by atoms with Gasteiger partial charge in [0.25, 0.3) is 5.91 Å². The van der Waals surface area contributed by atoms with Gasteiger partial charge in [-0.05, 0) is 54.3 Å². The summed E-state index contributed by atoms with van der Waals surface area (Å²) in [7, 11) is 1.64. The molecule has 2 heterocycles. The minimum Gasteiger partial charge on any atom is -0.497 e. The number of methoxy groups -OCH3 is 1. The largest absolute Gasteiger partial charge is 0.497 e. The molecule has 2 atom stereocenters. The van der Waals surface area contributed by atoms with Crippen LogP contribution in [0, 0.1) is 0 Å². The van der Waals surface area contributed by atoms with Gasteiger partial charge in [-0.25, -0.2) is 0 Å². The normalized spacial score (nSPS) is 19.7. The second-order valence-electron chi connectivity index (χ2n) is 10.2. The lowest BCUT2D eigenvalue weighted by Crippen LogP contribution is -2.51. The molecular formula is C32H31N3O3. The number of fused-ring (bicyclic) bond motifs is 2. The molecule has 1 saturated carbocycles. The number of pyridine rings is 1. The molecule has 192 valence electrons. The zero-order valence-corrected chi connectivity index (χ0v) is 21.5. The Hall–Kier alpha value is -4.19. The van der Waals surface area contributed by atoms with Gasteiger partial charge in [-0.3, -0.25) is 14.6 Å². The average Bonchev–Trinajstić information content (AvgIpc) is 2.97. The van der Waals surface area contributed by atoms with Gasteiger partial charge in [-0.2, -0.15) is 0 Å². The molecule has 1 fully saturated rings. The number of nitrogens with zero attached hydrogens (tertiary/aromatic N) is 2. The summed E-state index contributed by atoms with van der Waals surface area (Å²) in [5.74, 6) is 0.0165. The molecule has 4 aromatic rings. The number of anilines is 1. The highest BCUT2D eigenvalue weighted by Gasteiger charge is 2.46. The molecule has 2 amide bonds. The van der Waals surface area contributed by atoms with Crippen molar-refractivity contribution in [3.8, 4) is 5.75 Å². The van der Waals surface area contributed by atoms with Crippen LogP contribution in [0.1, 0.15) is 65.5 Å². The third-order valence-corrected chi connectivity index (χ3v) is 7.94. The van der Waals surface area contributed by atoms with E-state index in [2.05, 4.69) is 10.3 Å². The molecule has 0 spiro atoms. The summed E-state index contributed by atoms with van der Waals surface area (Å²) in [5, 5.41) is 4.10. The summed E-state index contributed by atoms with van der Waals surface area (Å²) in [6.45, 7) is 0. The van der Waals surface area contributed by atoms with Crippen molar-refractivity contribution in [1.29, 1.82) is 0 Å².